The van der Waals surface area contributed by atoms with E-state index in [4.69, 9.17) is 0 Å². The van der Waals surface area contributed by atoms with Crippen LogP contribution in [0.25, 0.3) is 0 Å². The van der Waals surface area contributed by atoms with Crippen molar-refractivity contribution in [1.82, 2.24) is 10.2 Å². The van der Waals surface area contributed by atoms with Crippen LogP contribution in [0.5, 0.6) is 0 Å². The van der Waals surface area contributed by atoms with Crippen LogP contribution in [0, 0.1) is 17.0 Å². The molecule has 3 aromatic rings. The molecule has 10 nitrogen and oxygen atoms in total. The fourth-order valence-corrected chi connectivity index (χ4v) is 5.66. The van der Waals surface area contributed by atoms with Crippen molar-refractivity contribution in [3.05, 3.63) is 100 Å². The van der Waals surface area contributed by atoms with Gasteiger partial charge in [-0.2, -0.15) is 0 Å². The van der Waals surface area contributed by atoms with Gasteiger partial charge in [0.2, 0.25) is 11.8 Å². The largest absolute Gasteiger partial charge is 0.355 e. The van der Waals surface area contributed by atoms with Gasteiger partial charge in [-0.1, -0.05) is 61.0 Å². The summed E-state index contributed by atoms with van der Waals surface area (Å²) in [6.45, 7) is 5.23. The van der Waals surface area contributed by atoms with Crippen molar-refractivity contribution >= 4 is 33.2 Å². The number of amides is 2. The highest BCUT2D eigenvalue weighted by molar-refractivity contribution is 7.92. The average Bonchev–Trinajstić information content (AvgIpc) is 2.92. The summed E-state index contributed by atoms with van der Waals surface area (Å²) in [4.78, 5) is 39.0. The second kappa shape index (κ2) is 13.0. The predicted octanol–water partition coefficient (Wildman–Crippen LogP) is 4.04. The van der Waals surface area contributed by atoms with E-state index in [1.165, 1.54) is 35.2 Å². The molecule has 3 aromatic carbocycles. The second-order valence-electron chi connectivity index (χ2n) is 8.93. The predicted molar refractivity (Wildman–Crippen MR) is 149 cm³/mol. The van der Waals surface area contributed by atoms with Gasteiger partial charge in [0, 0.05) is 25.2 Å². The van der Waals surface area contributed by atoms with Gasteiger partial charge in [-0.05, 0) is 44.0 Å². The molecule has 11 heteroatoms. The maximum Gasteiger partial charge on any atom is 0.271 e. The molecule has 0 fully saturated rings. The van der Waals surface area contributed by atoms with Crippen molar-refractivity contribution in [3.8, 4) is 0 Å². The Labute approximate surface area is 228 Å². The quantitative estimate of drug-likeness (QED) is 0.267. The highest BCUT2D eigenvalue weighted by Gasteiger charge is 2.34. The fraction of sp³-hybridized carbons (Fsp3) is 0.286. The normalized spacial score (nSPS) is 11.9. The van der Waals surface area contributed by atoms with Crippen LogP contribution in [0.3, 0.4) is 0 Å². The Morgan fingerprint density at radius 2 is 1.67 bits per heavy atom. The molecule has 39 heavy (non-hydrogen) atoms. The molecule has 206 valence electrons. The molecule has 1 atom stereocenters. The van der Waals surface area contributed by atoms with Gasteiger partial charge in [-0.15, -0.1) is 0 Å². The lowest BCUT2D eigenvalue weighted by Crippen LogP contribution is -2.52. The lowest BCUT2D eigenvalue weighted by Gasteiger charge is -2.33. The Kier molecular flexibility index (Phi) is 9.78. The fourth-order valence-electron chi connectivity index (χ4n) is 4.23. The van der Waals surface area contributed by atoms with Gasteiger partial charge in [-0.25, -0.2) is 8.42 Å². The van der Waals surface area contributed by atoms with E-state index in [9.17, 15) is 28.1 Å². The van der Waals surface area contributed by atoms with Gasteiger partial charge in [0.15, 0.2) is 0 Å². The smallest absolute Gasteiger partial charge is 0.271 e. The molecule has 3 rings (SSSR count). The van der Waals surface area contributed by atoms with Gasteiger partial charge in [0.05, 0.1) is 15.5 Å². The SMILES string of the molecule is CCNC(=O)[C@H](CC)N(Cc1cccc(C)c1)C(=O)CN(c1cccc([N+](=O)[O-])c1)S(=O)(=O)c1ccccc1. The minimum Gasteiger partial charge on any atom is -0.355 e. The minimum atomic E-state index is -4.30. The van der Waals surface area contributed by atoms with Crippen molar-refractivity contribution < 1.29 is 22.9 Å². The number of anilines is 1. The van der Waals surface area contributed by atoms with E-state index >= 15 is 0 Å². The van der Waals surface area contributed by atoms with Crippen molar-refractivity contribution in [2.75, 3.05) is 17.4 Å². The summed E-state index contributed by atoms with van der Waals surface area (Å²) in [5, 5.41) is 14.2. The number of benzene rings is 3. The Morgan fingerprint density at radius 3 is 2.28 bits per heavy atom. The first kappa shape index (κ1) is 29.3. The Hall–Kier alpha value is -4.25. The third kappa shape index (κ3) is 7.20. The molecular formula is C28H32N4O6S. The number of nitrogens with one attached hydrogen (secondary N) is 1. The van der Waals surface area contributed by atoms with Crippen LogP contribution in [0.1, 0.15) is 31.4 Å². The summed E-state index contributed by atoms with van der Waals surface area (Å²) in [5.74, 6) is -0.977. The van der Waals surface area contributed by atoms with E-state index in [1.54, 1.807) is 32.0 Å². The van der Waals surface area contributed by atoms with Gasteiger partial charge in [-0.3, -0.25) is 24.0 Å². The number of nitro benzene ring substituents is 1. The Balaban J connectivity index is 2.09. The van der Waals surface area contributed by atoms with Crippen molar-refractivity contribution in [2.45, 2.75) is 44.7 Å². The van der Waals surface area contributed by atoms with E-state index in [1.807, 2.05) is 31.2 Å². The zero-order valence-electron chi connectivity index (χ0n) is 22.1. The summed E-state index contributed by atoms with van der Waals surface area (Å²) in [5.41, 5.74) is 1.39. The number of likely N-dealkylation sites (N-methyl/N-ethyl adjacent to an activating group) is 1. The maximum atomic E-state index is 13.9. The molecule has 0 aliphatic rings. The van der Waals surface area contributed by atoms with Crippen molar-refractivity contribution in [2.24, 2.45) is 0 Å². The van der Waals surface area contributed by atoms with Crippen molar-refractivity contribution in [1.29, 1.82) is 0 Å². The molecule has 2 amide bonds. The number of nitrogens with zero attached hydrogens (tertiary/aromatic N) is 3. The molecule has 0 saturated heterocycles. The monoisotopic (exact) mass is 552 g/mol. The topological polar surface area (TPSA) is 130 Å². The van der Waals surface area contributed by atoms with Crippen LogP contribution in [-0.2, 0) is 26.2 Å². The highest BCUT2D eigenvalue weighted by Crippen LogP contribution is 2.27. The molecule has 0 aliphatic heterocycles. The van der Waals surface area contributed by atoms with Crippen molar-refractivity contribution in [3.63, 3.8) is 0 Å². The molecular weight excluding hydrogens is 520 g/mol. The lowest BCUT2D eigenvalue weighted by molar-refractivity contribution is -0.384. The number of nitro groups is 1. The molecule has 0 bridgehead atoms. The number of sulfonamides is 1. The molecule has 0 spiro atoms. The van der Waals surface area contributed by atoms with Crippen LogP contribution in [0.4, 0.5) is 11.4 Å². The van der Waals surface area contributed by atoms with Gasteiger partial charge in [0.1, 0.15) is 12.6 Å². The van der Waals surface area contributed by atoms with Gasteiger partial charge >= 0.3 is 0 Å². The first-order chi connectivity index (χ1) is 18.6. The van der Waals surface area contributed by atoms with Crippen LogP contribution in [0.2, 0.25) is 0 Å². The van der Waals surface area contributed by atoms with Crippen LogP contribution < -0.4 is 9.62 Å². The van der Waals surface area contributed by atoms with Gasteiger partial charge in [0.25, 0.3) is 15.7 Å². The standard InChI is InChI=1S/C28H32N4O6S/c1-4-26(28(34)29-5-2)30(19-22-12-9-11-21(3)17-22)27(33)20-31(23-13-10-14-24(18-23)32(35)36)39(37,38)25-15-7-6-8-16-25/h6-18,26H,4-5,19-20H2,1-3H3,(H,29,34)/t26-/m0/s1. The molecule has 0 radical (unpaired) electrons. The maximum absolute atomic E-state index is 13.9. The number of hydrogen-bond donors (Lipinski definition) is 1. The molecule has 1 N–H and O–H groups in total. The summed E-state index contributed by atoms with van der Waals surface area (Å²) >= 11 is 0. The highest BCUT2D eigenvalue weighted by atomic mass is 32.2. The lowest BCUT2D eigenvalue weighted by atomic mass is 10.1. The number of non-ortho nitro benzene ring substituents is 1. The van der Waals surface area contributed by atoms with Crippen LogP contribution in [0.15, 0.2) is 83.8 Å². The summed E-state index contributed by atoms with van der Waals surface area (Å²) in [6, 6.07) is 19.3. The molecule has 0 saturated carbocycles. The van der Waals surface area contributed by atoms with Crippen LogP contribution >= 0.6 is 0 Å². The summed E-state index contributed by atoms with van der Waals surface area (Å²) in [7, 11) is -4.30. The number of hydrogen-bond acceptors (Lipinski definition) is 6. The number of rotatable bonds is 12. The van der Waals surface area contributed by atoms with E-state index in [0.717, 1.165) is 21.5 Å². The second-order valence-corrected chi connectivity index (χ2v) is 10.8. The van der Waals surface area contributed by atoms with E-state index in [2.05, 4.69) is 5.32 Å². The zero-order chi connectivity index (χ0) is 28.6. The van der Waals surface area contributed by atoms with Gasteiger partial charge < -0.3 is 10.2 Å². The third-order valence-electron chi connectivity index (χ3n) is 6.11. The van der Waals surface area contributed by atoms with E-state index in [0.29, 0.717) is 13.0 Å². The zero-order valence-corrected chi connectivity index (χ0v) is 22.9. The molecule has 0 aromatic heterocycles. The summed E-state index contributed by atoms with van der Waals surface area (Å²) in [6.07, 6.45) is 0.297. The first-order valence-corrected chi connectivity index (χ1v) is 14.0. The number of carbonyl (C=O) groups is 2. The molecule has 0 heterocycles. The minimum absolute atomic E-state index is 0.0389. The van der Waals surface area contributed by atoms with E-state index in [-0.39, 0.29) is 28.7 Å². The first-order valence-electron chi connectivity index (χ1n) is 12.5. The summed E-state index contributed by atoms with van der Waals surface area (Å²) < 4.78 is 28.4. The number of aryl methyl sites for hydroxylation is 1. The van der Waals surface area contributed by atoms with E-state index < -0.39 is 33.4 Å². The number of carbonyl (C=O) groups excluding carboxylic acids is 2. The molecule has 0 unspecified atom stereocenters. The molecule has 0 aliphatic carbocycles. The third-order valence-corrected chi connectivity index (χ3v) is 7.90. The Morgan fingerprint density at radius 1 is 0.974 bits per heavy atom. The van der Waals surface area contributed by atoms with Crippen LogP contribution in [-0.4, -0.2) is 49.2 Å². The Bertz CT molecular complexity index is 1430. The average molecular weight is 553 g/mol.